The third-order valence-corrected chi connectivity index (χ3v) is 2.77. The number of morpholine rings is 1. The predicted octanol–water partition coefficient (Wildman–Crippen LogP) is 1.91. The highest BCUT2D eigenvalue weighted by atomic mass is 35.5. The number of halogens is 2. The Hall–Kier alpha value is -0.840. The molecule has 1 heterocycles. The van der Waals surface area contributed by atoms with Crippen molar-refractivity contribution >= 4 is 17.5 Å². The smallest absolute Gasteiger partial charge is 0.146 e. The lowest BCUT2D eigenvalue weighted by molar-refractivity contribution is 0.122. The molecule has 0 aromatic heterocycles. The second-order valence-corrected chi connectivity index (χ2v) is 3.96. The topological polar surface area (TPSA) is 24.5 Å². The van der Waals surface area contributed by atoms with E-state index in [4.69, 9.17) is 16.5 Å². The van der Waals surface area contributed by atoms with Crippen LogP contribution in [0.5, 0.6) is 0 Å². The summed E-state index contributed by atoms with van der Waals surface area (Å²) in [6.07, 6.45) is 0. The summed E-state index contributed by atoms with van der Waals surface area (Å²) >= 11 is 5.44. The molecule has 2 rings (SSSR count). The first-order chi connectivity index (χ1) is 7.81. The van der Waals surface area contributed by atoms with Gasteiger partial charge < -0.3 is 9.64 Å². The zero-order valence-electron chi connectivity index (χ0n) is 8.88. The number of rotatable bonds is 3. The van der Waals surface area contributed by atoms with E-state index in [1.165, 1.54) is 6.07 Å². The van der Waals surface area contributed by atoms with E-state index in [0.717, 1.165) is 18.7 Å². The van der Waals surface area contributed by atoms with Gasteiger partial charge in [-0.3, -0.25) is 0 Å². The van der Waals surface area contributed by atoms with Crippen LogP contribution >= 0.6 is 11.8 Å². The van der Waals surface area contributed by atoms with Crippen LogP contribution in [0.1, 0.15) is 5.56 Å². The first-order valence-electron chi connectivity index (χ1n) is 5.26. The lowest BCUT2D eigenvalue weighted by atomic mass is 10.1. The van der Waals surface area contributed by atoms with Crippen LogP contribution < -0.4 is 9.74 Å². The minimum Gasteiger partial charge on any atom is -0.378 e. The normalized spacial score (nSPS) is 16.5. The highest BCUT2D eigenvalue weighted by molar-refractivity contribution is 6.13. The van der Waals surface area contributed by atoms with Gasteiger partial charge in [0.25, 0.3) is 0 Å². The van der Waals surface area contributed by atoms with Gasteiger partial charge in [0.15, 0.2) is 0 Å². The summed E-state index contributed by atoms with van der Waals surface area (Å²) in [6.45, 7) is 3.29. The van der Waals surface area contributed by atoms with Crippen molar-refractivity contribution in [1.82, 2.24) is 4.84 Å². The minimum absolute atomic E-state index is 0.194. The van der Waals surface area contributed by atoms with Crippen LogP contribution in [0.15, 0.2) is 18.2 Å². The fourth-order valence-corrected chi connectivity index (χ4v) is 1.95. The molecule has 1 saturated heterocycles. The van der Waals surface area contributed by atoms with Crippen LogP contribution in [0.2, 0.25) is 0 Å². The molecule has 1 aliphatic heterocycles. The maximum absolute atomic E-state index is 13.7. The van der Waals surface area contributed by atoms with Gasteiger partial charge in [-0.25, -0.2) is 9.23 Å². The standard InChI is InChI=1S/C11H14ClFN2O/c12-14-8-9-1-2-10(13)11(7-9)15-3-5-16-6-4-15/h1-2,7,14H,3-6,8H2. The Kier molecular flexibility index (Phi) is 3.98. The molecular weight excluding hydrogens is 231 g/mol. The van der Waals surface area contributed by atoms with Crippen LogP contribution in [0.25, 0.3) is 0 Å². The Morgan fingerprint density at radius 1 is 1.38 bits per heavy atom. The van der Waals surface area contributed by atoms with E-state index in [2.05, 4.69) is 4.84 Å². The number of benzene rings is 1. The molecule has 1 N–H and O–H groups in total. The van der Waals surface area contributed by atoms with E-state index in [-0.39, 0.29) is 5.82 Å². The van der Waals surface area contributed by atoms with Gasteiger partial charge in [0.05, 0.1) is 18.9 Å². The number of anilines is 1. The third-order valence-electron chi connectivity index (χ3n) is 2.63. The van der Waals surface area contributed by atoms with Gasteiger partial charge in [0.2, 0.25) is 0 Å². The van der Waals surface area contributed by atoms with Crippen molar-refractivity contribution in [2.24, 2.45) is 0 Å². The molecule has 5 heteroatoms. The maximum atomic E-state index is 13.7. The second kappa shape index (κ2) is 5.48. The van der Waals surface area contributed by atoms with Crippen LogP contribution in [-0.2, 0) is 11.3 Å². The van der Waals surface area contributed by atoms with Gasteiger partial charge >= 0.3 is 0 Å². The van der Waals surface area contributed by atoms with Crippen molar-refractivity contribution in [2.75, 3.05) is 31.2 Å². The van der Waals surface area contributed by atoms with Gasteiger partial charge in [-0.15, -0.1) is 0 Å². The lowest BCUT2D eigenvalue weighted by Gasteiger charge is -2.29. The average molecular weight is 245 g/mol. The predicted molar refractivity (Wildman–Crippen MR) is 62.1 cm³/mol. The van der Waals surface area contributed by atoms with Gasteiger partial charge in [0.1, 0.15) is 5.82 Å². The molecule has 0 spiro atoms. The van der Waals surface area contributed by atoms with Crippen LogP contribution in [0.3, 0.4) is 0 Å². The van der Waals surface area contributed by atoms with E-state index >= 15 is 0 Å². The first kappa shape index (κ1) is 11.6. The van der Waals surface area contributed by atoms with Crippen molar-refractivity contribution < 1.29 is 9.13 Å². The van der Waals surface area contributed by atoms with Gasteiger partial charge in [-0.05, 0) is 29.5 Å². The zero-order valence-corrected chi connectivity index (χ0v) is 9.63. The van der Waals surface area contributed by atoms with E-state index in [1.807, 2.05) is 11.0 Å². The molecule has 0 saturated carbocycles. The summed E-state index contributed by atoms with van der Waals surface area (Å²) < 4.78 is 18.9. The Balaban J connectivity index is 2.19. The molecule has 1 fully saturated rings. The fourth-order valence-electron chi connectivity index (χ4n) is 1.79. The highest BCUT2D eigenvalue weighted by Crippen LogP contribution is 2.22. The lowest BCUT2D eigenvalue weighted by Crippen LogP contribution is -2.36. The largest absolute Gasteiger partial charge is 0.378 e. The molecule has 88 valence electrons. The van der Waals surface area contributed by atoms with Crippen LogP contribution in [0.4, 0.5) is 10.1 Å². The summed E-state index contributed by atoms with van der Waals surface area (Å²) in [5, 5.41) is 0. The zero-order chi connectivity index (χ0) is 11.4. The molecule has 1 aromatic carbocycles. The van der Waals surface area contributed by atoms with E-state index < -0.39 is 0 Å². The monoisotopic (exact) mass is 244 g/mol. The number of nitrogens with zero attached hydrogens (tertiary/aromatic N) is 1. The van der Waals surface area contributed by atoms with Crippen LogP contribution in [0, 0.1) is 5.82 Å². The Morgan fingerprint density at radius 3 is 2.81 bits per heavy atom. The summed E-state index contributed by atoms with van der Waals surface area (Å²) in [4.78, 5) is 4.54. The number of nitrogens with one attached hydrogen (secondary N) is 1. The Bertz CT molecular complexity index is 356. The molecule has 0 atom stereocenters. The fraction of sp³-hybridized carbons (Fsp3) is 0.455. The van der Waals surface area contributed by atoms with Crippen molar-refractivity contribution in [3.05, 3.63) is 29.6 Å². The van der Waals surface area contributed by atoms with Gasteiger partial charge in [-0.1, -0.05) is 6.07 Å². The number of hydrogen-bond donors (Lipinski definition) is 1. The summed E-state index contributed by atoms with van der Waals surface area (Å²) in [5.74, 6) is -0.194. The third kappa shape index (κ3) is 2.64. The van der Waals surface area contributed by atoms with E-state index in [9.17, 15) is 4.39 Å². The molecule has 1 aliphatic rings. The van der Waals surface area contributed by atoms with E-state index in [0.29, 0.717) is 25.4 Å². The molecule has 0 unspecified atom stereocenters. The molecule has 0 radical (unpaired) electrons. The summed E-state index contributed by atoms with van der Waals surface area (Å²) in [5.41, 5.74) is 1.60. The second-order valence-electron chi connectivity index (χ2n) is 3.70. The molecule has 0 amide bonds. The molecule has 0 aliphatic carbocycles. The Labute approximate surface area is 99.3 Å². The van der Waals surface area contributed by atoms with Crippen molar-refractivity contribution in [3.63, 3.8) is 0 Å². The van der Waals surface area contributed by atoms with Gasteiger partial charge in [0, 0.05) is 19.6 Å². The molecule has 3 nitrogen and oxygen atoms in total. The van der Waals surface area contributed by atoms with Gasteiger partial charge in [-0.2, -0.15) is 0 Å². The number of hydrogen-bond acceptors (Lipinski definition) is 3. The highest BCUT2D eigenvalue weighted by Gasteiger charge is 2.15. The average Bonchev–Trinajstić information content (AvgIpc) is 2.33. The SMILES string of the molecule is Fc1ccc(CNCl)cc1N1CCOCC1. The van der Waals surface area contributed by atoms with Crippen molar-refractivity contribution in [1.29, 1.82) is 0 Å². The molecule has 0 bridgehead atoms. The number of ether oxygens (including phenoxy) is 1. The van der Waals surface area contributed by atoms with E-state index in [1.54, 1.807) is 6.07 Å². The quantitative estimate of drug-likeness (QED) is 0.822. The molecule has 1 aromatic rings. The minimum atomic E-state index is -0.194. The summed E-state index contributed by atoms with van der Waals surface area (Å²) in [6, 6.07) is 5.04. The molecular formula is C11H14ClFN2O. The Morgan fingerprint density at radius 2 is 2.12 bits per heavy atom. The first-order valence-corrected chi connectivity index (χ1v) is 5.63. The van der Waals surface area contributed by atoms with Crippen molar-refractivity contribution in [2.45, 2.75) is 6.54 Å². The molecule has 16 heavy (non-hydrogen) atoms. The summed E-state index contributed by atoms with van der Waals surface area (Å²) in [7, 11) is 0. The maximum Gasteiger partial charge on any atom is 0.146 e. The van der Waals surface area contributed by atoms with Crippen molar-refractivity contribution in [3.8, 4) is 0 Å². The van der Waals surface area contributed by atoms with Crippen LogP contribution in [-0.4, -0.2) is 26.3 Å².